The molecule has 0 bridgehead atoms. The van der Waals surface area contributed by atoms with Gasteiger partial charge in [0, 0.05) is 11.1 Å². The summed E-state index contributed by atoms with van der Waals surface area (Å²) in [6.07, 6.45) is 3.54. The van der Waals surface area contributed by atoms with Gasteiger partial charge in [0.05, 0.1) is 6.54 Å². The Bertz CT molecular complexity index is 428. The lowest BCUT2D eigenvalue weighted by molar-refractivity contribution is -0.132. The maximum atomic E-state index is 11.9. The second kappa shape index (κ2) is 4.31. The van der Waals surface area contributed by atoms with E-state index in [0.29, 0.717) is 12.6 Å². The van der Waals surface area contributed by atoms with Gasteiger partial charge in [-0.2, -0.15) is 0 Å². The van der Waals surface area contributed by atoms with E-state index < -0.39 is 0 Å². The van der Waals surface area contributed by atoms with Crippen molar-refractivity contribution < 1.29 is 4.79 Å². The molecule has 1 atom stereocenters. The van der Waals surface area contributed by atoms with E-state index in [1.54, 1.807) is 0 Å². The molecule has 90 valence electrons. The van der Waals surface area contributed by atoms with Crippen LogP contribution in [0.2, 0.25) is 5.02 Å². The number of nitrogens with one attached hydrogen (secondary N) is 1. The lowest BCUT2D eigenvalue weighted by Gasteiger charge is -2.38. The zero-order valence-corrected chi connectivity index (χ0v) is 10.3. The number of rotatable bonds is 2. The molecule has 1 N–H and O–H groups in total. The maximum absolute atomic E-state index is 11.9. The molecule has 1 unspecified atom stereocenters. The van der Waals surface area contributed by atoms with E-state index in [1.165, 1.54) is 6.42 Å². The van der Waals surface area contributed by atoms with Gasteiger partial charge in [0.15, 0.2) is 0 Å². The van der Waals surface area contributed by atoms with Crippen molar-refractivity contribution >= 4 is 17.5 Å². The van der Waals surface area contributed by atoms with E-state index in [1.807, 2.05) is 29.2 Å². The quantitative estimate of drug-likeness (QED) is 0.874. The van der Waals surface area contributed by atoms with Gasteiger partial charge in [-0.3, -0.25) is 10.1 Å². The highest BCUT2D eigenvalue weighted by Crippen LogP contribution is 2.33. The van der Waals surface area contributed by atoms with Gasteiger partial charge >= 0.3 is 0 Å². The minimum absolute atomic E-state index is 0.0325. The molecule has 4 heteroatoms. The first kappa shape index (κ1) is 11.1. The molecule has 2 aliphatic rings. The summed E-state index contributed by atoms with van der Waals surface area (Å²) in [7, 11) is 0. The van der Waals surface area contributed by atoms with Crippen molar-refractivity contribution in [3.05, 3.63) is 34.9 Å². The highest BCUT2D eigenvalue weighted by atomic mass is 35.5. The first-order chi connectivity index (χ1) is 8.25. The smallest absolute Gasteiger partial charge is 0.238 e. The van der Waals surface area contributed by atoms with Crippen molar-refractivity contribution in [3.8, 4) is 0 Å². The van der Waals surface area contributed by atoms with Crippen LogP contribution in [0, 0.1) is 0 Å². The molecule has 3 rings (SSSR count). The number of hydrogen-bond donors (Lipinski definition) is 1. The van der Waals surface area contributed by atoms with Crippen LogP contribution in [0.5, 0.6) is 0 Å². The van der Waals surface area contributed by atoms with E-state index >= 15 is 0 Å². The van der Waals surface area contributed by atoms with Crippen molar-refractivity contribution in [2.45, 2.75) is 31.5 Å². The Labute approximate surface area is 106 Å². The van der Waals surface area contributed by atoms with Gasteiger partial charge in [-0.15, -0.1) is 0 Å². The SMILES string of the molecule is O=C1CNC(c2ccc(Cl)cc2)N1C1CCC1. The van der Waals surface area contributed by atoms with Crippen LogP contribution in [-0.2, 0) is 4.79 Å². The Morgan fingerprint density at radius 2 is 1.94 bits per heavy atom. The van der Waals surface area contributed by atoms with Gasteiger partial charge in [0.2, 0.25) is 5.91 Å². The van der Waals surface area contributed by atoms with Crippen LogP contribution in [0.3, 0.4) is 0 Å². The molecule has 1 aromatic carbocycles. The number of benzene rings is 1. The minimum atomic E-state index is 0.0325. The minimum Gasteiger partial charge on any atom is -0.319 e. The number of carbonyl (C=O) groups excluding carboxylic acids is 1. The standard InChI is InChI=1S/C13H15ClN2O/c14-10-6-4-9(5-7-10)13-15-8-12(17)16(13)11-2-1-3-11/h4-7,11,13,15H,1-3,8H2. The van der Waals surface area contributed by atoms with Gasteiger partial charge < -0.3 is 4.90 Å². The fraction of sp³-hybridized carbons (Fsp3) is 0.462. The maximum Gasteiger partial charge on any atom is 0.238 e. The third kappa shape index (κ3) is 1.94. The van der Waals surface area contributed by atoms with Crippen LogP contribution in [0.1, 0.15) is 31.0 Å². The zero-order chi connectivity index (χ0) is 11.8. The number of halogens is 1. The summed E-state index contributed by atoms with van der Waals surface area (Å²) in [5.41, 5.74) is 1.12. The average Bonchev–Trinajstić information content (AvgIpc) is 2.61. The highest BCUT2D eigenvalue weighted by molar-refractivity contribution is 6.30. The zero-order valence-electron chi connectivity index (χ0n) is 9.53. The monoisotopic (exact) mass is 250 g/mol. The second-order valence-corrected chi connectivity index (χ2v) is 5.16. The van der Waals surface area contributed by atoms with Crippen LogP contribution in [0.4, 0.5) is 0 Å². The summed E-state index contributed by atoms with van der Waals surface area (Å²) in [5, 5.41) is 4.00. The largest absolute Gasteiger partial charge is 0.319 e. The number of hydrogen-bond acceptors (Lipinski definition) is 2. The molecule has 1 aromatic rings. The molecule has 0 spiro atoms. The average molecular weight is 251 g/mol. The highest BCUT2D eigenvalue weighted by Gasteiger charge is 2.38. The van der Waals surface area contributed by atoms with E-state index in [-0.39, 0.29) is 12.1 Å². The predicted molar refractivity (Wildman–Crippen MR) is 66.7 cm³/mol. The normalized spacial score (nSPS) is 25.1. The van der Waals surface area contributed by atoms with E-state index in [4.69, 9.17) is 11.6 Å². The molecule has 2 fully saturated rings. The molecule has 17 heavy (non-hydrogen) atoms. The first-order valence-electron chi connectivity index (χ1n) is 6.06. The van der Waals surface area contributed by atoms with E-state index in [9.17, 15) is 4.79 Å². The summed E-state index contributed by atoms with van der Waals surface area (Å²) in [4.78, 5) is 13.9. The van der Waals surface area contributed by atoms with Gasteiger partial charge in [-0.1, -0.05) is 23.7 Å². The Hall–Kier alpha value is -1.06. The summed E-state index contributed by atoms with van der Waals surface area (Å²) < 4.78 is 0. The predicted octanol–water partition coefficient (Wildman–Crippen LogP) is 2.32. The van der Waals surface area contributed by atoms with Crippen molar-refractivity contribution in [2.75, 3.05) is 6.54 Å². The van der Waals surface area contributed by atoms with Crippen LogP contribution < -0.4 is 5.32 Å². The molecule has 1 saturated carbocycles. The molecule has 0 radical (unpaired) electrons. The summed E-state index contributed by atoms with van der Waals surface area (Å²) in [5.74, 6) is 0.217. The van der Waals surface area contributed by atoms with Crippen molar-refractivity contribution in [2.24, 2.45) is 0 Å². The molecule has 1 heterocycles. The van der Waals surface area contributed by atoms with Crippen molar-refractivity contribution in [3.63, 3.8) is 0 Å². The molecule has 0 aromatic heterocycles. The third-order valence-corrected chi connectivity index (χ3v) is 3.92. The van der Waals surface area contributed by atoms with Gasteiger partial charge in [-0.25, -0.2) is 0 Å². The second-order valence-electron chi connectivity index (χ2n) is 4.72. The van der Waals surface area contributed by atoms with Crippen LogP contribution in [0.15, 0.2) is 24.3 Å². The van der Waals surface area contributed by atoms with Gasteiger partial charge in [0.1, 0.15) is 6.17 Å². The number of nitrogens with zero attached hydrogens (tertiary/aromatic N) is 1. The molecule has 1 aliphatic heterocycles. The van der Waals surface area contributed by atoms with E-state index in [0.717, 1.165) is 23.4 Å². The molecule has 1 aliphatic carbocycles. The lowest BCUT2D eigenvalue weighted by Crippen LogP contribution is -2.43. The summed E-state index contributed by atoms with van der Waals surface area (Å²) in [6, 6.07) is 8.16. The molecule has 3 nitrogen and oxygen atoms in total. The van der Waals surface area contributed by atoms with Gasteiger partial charge in [0.25, 0.3) is 0 Å². The first-order valence-corrected chi connectivity index (χ1v) is 6.43. The fourth-order valence-corrected chi connectivity index (χ4v) is 2.65. The molecular formula is C13H15ClN2O. The molecule has 1 amide bonds. The molecule has 1 saturated heterocycles. The van der Waals surface area contributed by atoms with E-state index in [2.05, 4.69) is 5.32 Å². The Morgan fingerprint density at radius 3 is 2.53 bits per heavy atom. The Morgan fingerprint density at radius 1 is 1.24 bits per heavy atom. The van der Waals surface area contributed by atoms with Crippen LogP contribution in [0.25, 0.3) is 0 Å². The Balaban J connectivity index is 1.85. The number of carbonyl (C=O) groups is 1. The summed E-state index contributed by atoms with van der Waals surface area (Å²) in [6.45, 7) is 0.448. The number of amides is 1. The van der Waals surface area contributed by atoms with Crippen LogP contribution >= 0.6 is 11.6 Å². The Kier molecular flexibility index (Phi) is 2.81. The summed E-state index contributed by atoms with van der Waals surface area (Å²) >= 11 is 5.88. The van der Waals surface area contributed by atoms with Crippen molar-refractivity contribution in [1.82, 2.24) is 10.2 Å². The third-order valence-electron chi connectivity index (χ3n) is 3.67. The topological polar surface area (TPSA) is 32.3 Å². The van der Waals surface area contributed by atoms with Gasteiger partial charge in [-0.05, 0) is 37.0 Å². The van der Waals surface area contributed by atoms with Crippen LogP contribution in [-0.4, -0.2) is 23.4 Å². The molecular weight excluding hydrogens is 236 g/mol. The van der Waals surface area contributed by atoms with Crippen molar-refractivity contribution in [1.29, 1.82) is 0 Å². The lowest BCUT2D eigenvalue weighted by atomic mass is 9.91. The fourth-order valence-electron chi connectivity index (χ4n) is 2.52.